The Hall–Kier alpha value is -4.04. The Morgan fingerprint density at radius 1 is 1.02 bits per heavy atom. The second-order valence-electron chi connectivity index (χ2n) is 13.9. The number of nitrogens with one attached hydrogen (secondary N) is 1. The molecule has 7 aliphatic rings. The van der Waals surface area contributed by atoms with E-state index in [-0.39, 0.29) is 23.8 Å². The third kappa shape index (κ3) is 5.25. The predicted molar refractivity (Wildman–Crippen MR) is 188 cm³/mol. The number of nitrogens with zero attached hydrogens (tertiary/aromatic N) is 4. The van der Waals surface area contributed by atoms with Gasteiger partial charge in [-0.2, -0.15) is 0 Å². The number of rotatable bonds is 6. The summed E-state index contributed by atoms with van der Waals surface area (Å²) in [6, 6.07) is 0.236. The van der Waals surface area contributed by atoms with Crippen LogP contribution in [0.4, 0.5) is 0 Å². The van der Waals surface area contributed by atoms with Crippen LogP contribution < -0.4 is 5.32 Å². The van der Waals surface area contributed by atoms with E-state index in [2.05, 4.69) is 63.1 Å². The molecule has 8 bridgehead atoms. The standard InChI is InChI=1S/C39H47N5O3/c1-8-25-20(2)28-19-33-36(24(6)44-14-10-9-11-15-44)22(4)30(41-33)17-29-21(3)26(12-13-35(46)47-7)38(42-29)27-16-34(45)37-23(5)31(43-39(27)37)18-32(25)40-28/h17-19,21,24,26,42,45H,8-16H2,1-7H3/t21-,24?,26-/m0/s1. The first-order valence-corrected chi connectivity index (χ1v) is 17.4. The minimum absolute atomic E-state index is 0.0375. The molecule has 2 fully saturated rings. The van der Waals surface area contributed by atoms with Crippen molar-refractivity contribution in [3.05, 3.63) is 91.5 Å². The molecule has 0 radical (unpaired) electrons. The number of carbonyl (C=O) groups excluding carboxylic acids is 1. The summed E-state index contributed by atoms with van der Waals surface area (Å²) in [6.07, 6.45) is 12.5. The van der Waals surface area contributed by atoms with Gasteiger partial charge in [0.25, 0.3) is 0 Å². The largest absolute Gasteiger partial charge is 0.511 e. The van der Waals surface area contributed by atoms with Gasteiger partial charge in [-0.15, -0.1) is 0 Å². The smallest absolute Gasteiger partial charge is 0.305 e. The second-order valence-corrected chi connectivity index (χ2v) is 13.9. The Kier molecular flexibility index (Phi) is 8.19. The third-order valence-corrected chi connectivity index (χ3v) is 11.3. The van der Waals surface area contributed by atoms with E-state index < -0.39 is 0 Å². The molecule has 0 saturated carbocycles. The van der Waals surface area contributed by atoms with Crippen LogP contribution in [0.3, 0.4) is 0 Å². The molecule has 1 unspecified atom stereocenters. The number of aliphatic imine (C=N–C) groups is 3. The number of aliphatic hydroxyl groups is 1. The Balaban J connectivity index is 1.43. The summed E-state index contributed by atoms with van der Waals surface area (Å²) in [4.78, 5) is 30.6. The van der Waals surface area contributed by atoms with E-state index in [9.17, 15) is 9.90 Å². The van der Waals surface area contributed by atoms with Crippen LogP contribution in [-0.2, 0) is 9.53 Å². The highest BCUT2D eigenvalue weighted by atomic mass is 16.5. The average molecular weight is 634 g/mol. The maximum absolute atomic E-state index is 12.3. The minimum atomic E-state index is -0.216. The Labute approximate surface area is 278 Å². The molecule has 3 atom stereocenters. The molecular weight excluding hydrogens is 586 g/mol. The first-order valence-electron chi connectivity index (χ1n) is 17.4. The van der Waals surface area contributed by atoms with Gasteiger partial charge in [-0.3, -0.25) is 9.69 Å². The van der Waals surface area contributed by atoms with Crippen LogP contribution in [-0.4, -0.2) is 59.4 Å². The van der Waals surface area contributed by atoms with Crippen LogP contribution in [0.15, 0.2) is 106 Å². The molecule has 246 valence electrons. The Bertz CT molecular complexity index is 1810. The van der Waals surface area contributed by atoms with E-state index in [4.69, 9.17) is 19.7 Å². The fourth-order valence-electron chi connectivity index (χ4n) is 8.52. The summed E-state index contributed by atoms with van der Waals surface area (Å²) < 4.78 is 5.03. The van der Waals surface area contributed by atoms with Crippen molar-refractivity contribution >= 4 is 23.1 Å². The lowest BCUT2D eigenvalue weighted by molar-refractivity contribution is -0.140. The number of esters is 1. The second kappa shape index (κ2) is 12.2. The number of carbonyl (C=O) groups is 1. The molecule has 1 aliphatic carbocycles. The summed E-state index contributed by atoms with van der Waals surface area (Å²) in [5.41, 5.74) is 15.3. The van der Waals surface area contributed by atoms with Crippen LogP contribution >= 0.6 is 0 Å². The van der Waals surface area contributed by atoms with Gasteiger partial charge in [-0.1, -0.05) is 20.3 Å². The topological polar surface area (TPSA) is 98.9 Å². The summed E-state index contributed by atoms with van der Waals surface area (Å²) in [5, 5.41) is 15.1. The van der Waals surface area contributed by atoms with E-state index >= 15 is 0 Å². The van der Waals surface area contributed by atoms with Crippen molar-refractivity contribution in [2.45, 2.75) is 92.5 Å². The quantitative estimate of drug-likeness (QED) is 0.296. The van der Waals surface area contributed by atoms with Crippen molar-refractivity contribution < 1.29 is 14.6 Å². The highest BCUT2D eigenvalue weighted by Gasteiger charge is 2.41. The van der Waals surface area contributed by atoms with Gasteiger partial charge in [0.2, 0.25) is 0 Å². The van der Waals surface area contributed by atoms with Gasteiger partial charge in [0, 0.05) is 53.3 Å². The lowest BCUT2D eigenvalue weighted by Gasteiger charge is -2.33. The van der Waals surface area contributed by atoms with Crippen molar-refractivity contribution in [2.75, 3.05) is 20.2 Å². The first kappa shape index (κ1) is 31.6. The van der Waals surface area contributed by atoms with E-state index in [0.717, 1.165) is 81.8 Å². The molecule has 2 N–H and O–H groups in total. The lowest BCUT2D eigenvalue weighted by Crippen LogP contribution is -2.39. The fourth-order valence-corrected chi connectivity index (χ4v) is 8.52. The van der Waals surface area contributed by atoms with Gasteiger partial charge < -0.3 is 15.2 Å². The van der Waals surface area contributed by atoms with Gasteiger partial charge >= 0.3 is 5.97 Å². The summed E-state index contributed by atoms with van der Waals surface area (Å²) in [5.74, 6) is 0.269. The van der Waals surface area contributed by atoms with Crippen LogP contribution in [0.25, 0.3) is 0 Å². The lowest BCUT2D eigenvalue weighted by atomic mass is 9.86. The van der Waals surface area contributed by atoms with Gasteiger partial charge in [0.1, 0.15) is 5.76 Å². The Morgan fingerprint density at radius 3 is 2.47 bits per heavy atom. The zero-order chi connectivity index (χ0) is 33.1. The van der Waals surface area contributed by atoms with E-state index in [0.29, 0.717) is 25.0 Å². The maximum Gasteiger partial charge on any atom is 0.305 e. The van der Waals surface area contributed by atoms with E-state index in [1.807, 2.05) is 6.92 Å². The molecule has 0 amide bonds. The molecule has 6 heterocycles. The van der Waals surface area contributed by atoms with E-state index in [1.165, 1.54) is 48.7 Å². The number of hydrogen-bond donors (Lipinski definition) is 2. The first-order chi connectivity index (χ1) is 22.6. The molecule has 0 aromatic heterocycles. The molecule has 2 saturated heterocycles. The number of likely N-dealkylation sites (tertiary alicyclic amines) is 1. The molecule has 0 aromatic rings. The summed E-state index contributed by atoms with van der Waals surface area (Å²) >= 11 is 0. The van der Waals surface area contributed by atoms with Gasteiger partial charge in [-0.05, 0) is 113 Å². The number of fused-ring (bicyclic) bond motifs is 5. The monoisotopic (exact) mass is 633 g/mol. The number of allylic oxidation sites excluding steroid dienone is 11. The number of hydrogen-bond acceptors (Lipinski definition) is 8. The number of methoxy groups -OCH3 is 1. The molecule has 0 aromatic carbocycles. The maximum atomic E-state index is 12.3. The third-order valence-electron chi connectivity index (χ3n) is 11.3. The van der Waals surface area contributed by atoms with Gasteiger partial charge in [-0.25, -0.2) is 15.0 Å². The van der Waals surface area contributed by atoms with Crippen LogP contribution in [0, 0.1) is 11.8 Å². The molecule has 0 spiro atoms. The van der Waals surface area contributed by atoms with E-state index in [1.54, 1.807) is 0 Å². The minimum Gasteiger partial charge on any atom is -0.511 e. The number of piperidine rings is 1. The van der Waals surface area contributed by atoms with Crippen molar-refractivity contribution in [3.8, 4) is 0 Å². The van der Waals surface area contributed by atoms with Gasteiger partial charge in [0.05, 0.1) is 41.3 Å². The zero-order valence-corrected chi connectivity index (χ0v) is 28.9. The molecule has 8 heteroatoms. The average Bonchev–Trinajstić information content (AvgIpc) is 3.82. The molecule has 8 nitrogen and oxygen atoms in total. The Morgan fingerprint density at radius 2 is 1.74 bits per heavy atom. The molecular formula is C39H47N5O3. The summed E-state index contributed by atoms with van der Waals surface area (Å²) in [6.45, 7) is 15.4. The summed E-state index contributed by atoms with van der Waals surface area (Å²) in [7, 11) is 1.44. The van der Waals surface area contributed by atoms with Crippen molar-refractivity contribution in [2.24, 2.45) is 26.8 Å². The van der Waals surface area contributed by atoms with Gasteiger partial charge in [0.15, 0.2) is 0 Å². The highest BCUT2D eigenvalue weighted by Crippen LogP contribution is 2.46. The predicted octanol–water partition coefficient (Wildman–Crippen LogP) is 7.49. The molecule has 7 rings (SSSR count). The van der Waals surface area contributed by atoms with Crippen LogP contribution in [0.1, 0.15) is 86.5 Å². The molecule has 47 heavy (non-hydrogen) atoms. The number of aliphatic hydroxyl groups excluding tert-OH is 1. The van der Waals surface area contributed by atoms with Crippen LogP contribution in [0.5, 0.6) is 0 Å². The highest BCUT2D eigenvalue weighted by molar-refractivity contribution is 6.21. The molecule has 6 aliphatic heterocycles. The van der Waals surface area contributed by atoms with Crippen molar-refractivity contribution in [1.82, 2.24) is 10.2 Å². The SMILES string of the molecule is CCC1=C(C)C2=NC1=CC1=C(C)C3=C(O)CC(=C4NC(=CC5=NC(=C2)C(C(C)N2CCCCC2)=C5C)[C@@H](C)[C@@H]4CCC(=O)OC)C3=N1. The van der Waals surface area contributed by atoms with Crippen molar-refractivity contribution in [3.63, 3.8) is 0 Å². The number of ether oxygens (including phenoxy) is 1. The zero-order valence-electron chi connectivity index (χ0n) is 28.9. The van der Waals surface area contributed by atoms with Crippen molar-refractivity contribution in [1.29, 1.82) is 0 Å². The van der Waals surface area contributed by atoms with Crippen LogP contribution in [0.2, 0.25) is 0 Å². The fraction of sp³-hybridized carbons (Fsp3) is 0.487. The normalized spacial score (nSPS) is 26.4.